The highest BCUT2D eigenvalue weighted by molar-refractivity contribution is 5.93. The monoisotopic (exact) mass is 497 g/mol. The zero-order chi connectivity index (χ0) is 26.0. The molecule has 4 N–H and O–H groups in total. The first-order valence-corrected chi connectivity index (χ1v) is 11.8. The van der Waals surface area contributed by atoms with E-state index in [1.54, 1.807) is 29.1 Å². The molecule has 0 aliphatic rings. The summed E-state index contributed by atoms with van der Waals surface area (Å²) in [6, 6.07) is 20.5. The standard InChI is InChI=1S/C27H27N7O3/c1-27(2,3)21-15-22(34(33-21)18-9-5-4-6-10-18)30-23(35)16-29-17-8-7-11-19(14-17)37-20-12-13-28-25-24(20)31-26(36)32-25/h4-15,29H,16H2,1-3H3,(H,30,35)(H2,28,31,32,36). The normalized spacial score (nSPS) is 11.4. The first kappa shape index (κ1) is 23.9. The summed E-state index contributed by atoms with van der Waals surface area (Å²) in [5.74, 6) is 1.38. The summed E-state index contributed by atoms with van der Waals surface area (Å²) < 4.78 is 7.71. The van der Waals surface area contributed by atoms with E-state index >= 15 is 0 Å². The molecule has 10 nitrogen and oxygen atoms in total. The molecule has 0 radical (unpaired) electrons. The molecule has 37 heavy (non-hydrogen) atoms. The number of benzene rings is 2. The summed E-state index contributed by atoms with van der Waals surface area (Å²) in [7, 11) is 0. The molecule has 0 bridgehead atoms. The van der Waals surface area contributed by atoms with E-state index < -0.39 is 0 Å². The van der Waals surface area contributed by atoms with Gasteiger partial charge in [-0.3, -0.25) is 9.78 Å². The fraction of sp³-hybridized carbons (Fsp3) is 0.185. The van der Waals surface area contributed by atoms with E-state index in [0.29, 0.717) is 34.2 Å². The molecule has 3 aromatic heterocycles. The van der Waals surface area contributed by atoms with E-state index in [2.05, 4.69) is 46.4 Å². The quantitative estimate of drug-likeness (QED) is 0.261. The number of hydrogen-bond donors (Lipinski definition) is 4. The number of imidazole rings is 1. The molecule has 0 unspecified atom stereocenters. The Balaban J connectivity index is 1.28. The Morgan fingerprint density at radius 1 is 1.03 bits per heavy atom. The number of anilines is 2. The van der Waals surface area contributed by atoms with E-state index in [1.165, 1.54) is 0 Å². The topological polar surface area (TPSA) is 130 Å². The summed E-state index contributed by atoms with van der Waals surface area (Å²) in [4.78, 5) is 33.9. The Morgan fingerprint density at radius 2 is 1.84 bits per heavy atom. The van der Waals surface area contributed by atoms with Crippen molar-refractivity contribution in [1.82, 2.24) is 24.7 Å². The largest absolute Gasteiger partial charge is 0.455 e. The molecular weight excluding hydrogens is 470 g/mol. The molecule has 3 heterocycles. The van der Waals surface area contributed by atoms with Gasteiger partial charge in [0.1, 0.15) is 17.1 Å². The van der Waals surface area contributed by atoms with Gasteiger partial charge in [-0.05, 0) is 24.3 Å². The van der Waals surface area contributed by atoms with Gasteiger partial charge in [0.15, 0.2) is 11.4 Å². The number of pyridine rings is 1. The van der Waals surface area contributed by atoms with Gasteiger partial charge in [0.25, 0.3) is 0 Å². The van der Waals surface area contributed by atoms with Crippen LogP contribution in [0.3, 0.4) is 0 Å². The average molecular weight is 498 g/mol. The Hall–Kier alpha value is -4.86. The smallest absolute Gasteiger partial charge is 0.325 e. The fourth-order valence-corrected chi connectivity index (χ4v) is 3.77. The van der Waals surface area contributed by atoms with Crippen LogP contribution in [0.25, 0.3) is 16.9 Å². The molecule has 5 aromatic rings. The van der Waals surface area contributed by atoms with Gasteiger partial charge >= 0.3 is 5.69 Å². The number of aromatic amines is 2. The summed E-state index contributed by atoms with van der Waals surface area (Å²) >= 11 is 0. The van der Waals surface area contributed by atoms with Crippen LogP contribution in [0.2, 0.25) is 0 Å². The first-order valence-electron chi connectivity index (χ1n) is 11.8. The molecule has 0 aliphatic heterocycles. The lowest BCUT2D eigenvalue weighted by atomic mass is 9.92. The molecule has 0 saturated heterocycles. The van der Waals surface area contributed by atoms with Crippen molar-refractivity contribution in [2.45, 2.75) is 26.2 Å². The Labute approximate surface area is 212 Å². The molecule has 0 atom stereocenters. The Kier molecular flexibility index (Phi) is 6.22. The van der Waals surface area contributed by atoms with E-state index in [1.807, 2.05) is 48.5 Å². The summed E-state index contributed by atoms with van der Waals surface area (Å²) in [5.41, 5.74) is 2.80. The van der Waals surface area contributed by atoms with Gasteiger partial charge in [0.2, 0.25) is 5.91 Å². The average Bonchev–Trinajstić information content (AvgIpc) is 3.47. The van der Waals surface area contributed by atoms with Crippen LogP contribution in [0.15, 0.2) is 77.7 Å². The van der Waals surface area contributed by atoms with Crippen molar-refractivity contribution >= 4 is 28.6 Å². The lowest BCUT2D eigenvalue weighted by Gasteiger charge is -2.14. The maximum absolute atomic E-state index is 12.9. The molecule has 0 saturated carbocycles. The number of aromatic nitrogens is 5. The number of nitrogens with one attached hydrogen (secondary N) is 4. The number of hydrogen-bond acceptors (Lipinski definition) is 6. The number of carbonyl (C=O) groups excluding carboxylic acids is 1. The summed E-state index contributed by atoms with van der Waals surface area (Å²) in [5, 5.41) is 10.8. The predicted molar refractivity (Wildman–Crippen MR) is 143 cm³/mol. The molecule has 188 valence electrons. The molecule has 2 aromatic carbocycles. The number of amides is 1. The molecular formula is C27H27N7O3. The minimum atomic E-state index is -0.358. The highest BCUT2D eigenvalue weighted by atomic mass is 16.5. The van der Waals surface area contributed by atoms with Crippen LogP contribution >= 0.6 is 0 Å². The molecule has 5 rings (SSSR count). The van der Waals surface area contributed by atoms with E-state index in [4.69, 9.17) is 9.84 Å². The molecule has 0 spiro atoms. The third-order valence-electron chi connectivity index (χ3n) is 5.64. The third kappa shape index (κ3) is 5.37. The zero-order valence-electron chi connectivity index (χ0n) is 20.7. The van der Waals surface area contributed by atoms with E-state index in [9.17, 15) is 9.59 Å². The predicted octanol–water partition coefficient (Wildman–Crippen LogP) is 4.58. The van der Waals surface area contributed by atoms with E-state index in [-0.39, 0.29) is 23.6 Å². The van der Waals surface area contributed by atoms with Gasteiger partial charge in [-0.15, -0.1) is 0 Å². The number of para-hydroxylation sites is 1. The van der Waals surface area contributed by atoms with Gasteiger partial charge in [0.05, 0.1) is 17.9 Å². The van der Waals surface area contributed by atoms with Crippen LogP contribution in [0.4, 0.5) is 11.5 Å². The van der Waals surface area contributed by atoms with Crippen LogP contribution in [0.5, 0.6) is 11.5 Å². The fourth-order valence-electron chi connectivity index (χ4n) is 3.77. The summed E-state index contributed by atoms with van der Waals surface area (Å²) in [6.45, 7) is 6.28. The van der Waals surface area contributed by atoms with Crippen molar-refractivity contribution in [3.63, 3.8) is 0 Å². The Bertz CT molecular complexity index is 1610. The van der Waals surface area contributed by atoms with Crippen LogP contribution in [0.1, 0.15) is 26.5 Å². The number of ether oxygens (including phenoxy) is 1. The van der Waals surface area contributed by atoms with E-state index in [0.717, 1.165) is 11.4 Å². The molecule has 10 heteroatoms. The second-order valence-corrected chi connectivity index (χ2v) is 9.56. The van der Waals surface area contributed by atoms with Gasteiger partial charge in [-0.2, -0.15) is 5.10 Å². The van der Waals surface area contributed by atoms with Crippen LogP contribution < -0.4 is 21.1 Å². The second-order valence-electron chi connectivity index (χ2n) is 9.56. The maximum atomic E-state index is 12.9. The Morgan fingerprint density at radius 3 is 2.62 bits per heavy atom. The van der Waals surface area contributed by atoms with Gasteiger partial charge in [-0.1, -0.05) is 45.0 Å². The van der Waals surface area contributed by atoms with Gasteiger partial charge in [-0.25, -0.2) is 14.5 Å². The second kappa shape index (κ2) is 9.65. The molecule has 0 fully saturated rings. The van der Waals surface area contributed by atoms with Crippen molar-refractivity contribution in [2.24, 2.45) is 0 Å². The highest BCUT2D eigenvalue weighted by Gasteiger charge is 2.21. The SMILES string of the molecule is CC(C)(C)c1cc(NC(=O)CNc2cccc(Oc3ccnc4[nH]c(=O)[nH]c34)c2)n(-c2ccccc2)n1. The van der Waals surface area contributed by atoms with Crippen molar-refractivity contribution < 1.29 is 9.53 Å². The number of fused-ring (bicyclic) bond motifs is 1. The number of H-pyrrole nitrogens is 2. The van der Waals surface area contributed by atoms with Gasteiger partial charge in [0, 0.05) is 35.5 Å². The van der Waals surface area contributed by atoms with Crippen molar-refractivity contribution in [3.05, 3.63) is 89.1 Å². The van der Waals surface area contributed by atoms with Crippen molar-refractivity contribution in [2.75, 3.05) is 17.2 Å². The lowest BCUT2D eigenvalue weighted by Crippen LogP contribution is -2.23. The number of carbonyl (C=O) groups is 1. The number of rotatable bonds is 7. The molecule has 0 aliphatic carbocycles. The number of nitrogens with zero attached hydrogens (tertiary/aromatic N) is 3. The first-order chi connectivity index (χ1) is 17.8. The summed E-state index contributed by atoms with van der Waals surface area (Å²) in [6.07, 6.45) is 1.55. The molecule has 1 amide bonds. The van der Waals surface area contributed by atoms with Crippen LogP contribution in [0, 0.1) is 0 Å². The van der Waals surface area contributed by atoms with Crippen LogP contribution in [-0.2, 0) is 10.2 Å². The zero-order valence-corrected chi connectivity index (χ0v) is 20.7. The minimum absolute atomic E-state index is 0.0406. The van der Waals surface area contributed by atoms with Crippen molar-refractivity contribution in [1.29, 1.82) is 0 Å². The minimum Gasteiger partial charge on any atom is -0.455 e. The third-order valence-corrected chi connectivity index (χ3v) is 5.64. The van der Waals surface area contributed by atoms with Gasteiger partial charge < -0.3 is 20.4 Å². The highest BCUT2D eigenvalue weighted by Crippen LogP contribution is 2.28. The maximum Gasteiger partial charge on any atom is 0.325 e. The van der Waals surface area contributed by atoms with Crippen molar-refractivity contribution in [3.8, 4) is 17.2 Å². The lowest BCUT2D eigenvalue weighted by molar-refractivity contribution is -0.114. The van der Waals surface area contributed by atoms with Crippen LogP contribution in [-0.4, -0.2) is 37.2 Å².